The van der Waals surface area contributed by atoms with Gasteiger partial charge in [0.1, 0.15) is 5.66 Å². The Morgan fingerprint density at radius 1 is 1.11 bits per heavy atom. The molecule has 1 fully saturated rings. The third kappa shape index (κ3) is 3.09. The summed E-state index contributed by atoms with van der Waals surface area (Å²) in [5, 5.41) is 6.24. The van der Waals surface area contributed by atoms with Crippen molar-refractivity contribution in [1.82, 2.24) is 10.2 Å². The molecule has 3 amide bonds. The Labute approximate surface area is 165 Å². The molecule has 146 valence electrons. The molecule has 2 aliphatic rings. The van der Waals surface area contributed by atoms with Crippen LogP contribution in [0.15, 0.2) is 48.5 Å². The number of carbonyl (C=O) groups excluding carboxylic acids is 2. The lowest BCUT2D eigenvalue weighted by molar-refractivity contribution is 0.0815. The highest BCUT2D eigenvalue weighted by atomic mass is 16.2. The van der Waals surface area contributed by atoms with Crippen LogP contribution in [-0.2, 0) is 6.42 Å². The summed E-state index contributed by atoms with van der Waals surface area (Å²) in [7, 11) is 2.02. The first-order chi connectivity index (χ1) is 13.5. The molecule has 0 atom stereocenters. The van der Waals surface area contributed by atoms with Gasteiger partial charge in [-0.1, -0.05) is 37.3 Å². The Kier molecular flexibility index (Phi) is 4.71. The maximum absolute atomic E-state index is 12.8. The van der Waals surface area contributed by atoms with Crippen LogP contribution in [0.3, 0.4) is 0 Å². The number of nitrogens with zero attached hydrogens (tertiary/aromatic N) is 2. The molecule has 6 nitrogen and oxygen atoms in total. The van der Waals surface area contributed by atoms with Gasteiger partial charge in [0.2, 0.25) is 0 Å². The summed E-state index contributed by atoms with van der Waals surface area (Å²) in [5.74, 6) is -0.0384. The lowest BCUT2D eigenvalue weighted by Gasteiger charge is -2.51. The minimum atomic E-state index is -0.441. The van der Waals surface area contributed by atoms with Crippen LogP contribution in [-0.4, -0.2) is 42.6 Å². The molecule has 0 aromatic heterocycles. The number of likely N-dealkylation sites (tertiary alicyclic amines) is 1. The van der Waals surface area contributed by atoms with E-state index in [0.29, 0.717) is 31.5 Å². The Bertz CT molecular complexity index is 903. The van der Waals surface area contributed by atoms with Crippen LogP contribution in [0.5, 0.6) is 0 Å². The molecule has 0 aliphatic carbocycles. The summed E-state index contributed by atoms with van der Waals surface area (Å²) in [6, 6.07) is 15.5. The fourth-order valence-electron chi connectivity index (χ4n) is 4.24. The summed E-state index contributed by atoms with van der Waals surface area (Å²) < 4.78 is 0. The second kappa shape index (κ2) is 7.19. The Hall–Kier alpha value is -3.02. The third-order valence-electron chi connectivity index (χ3n) is 6.02. The standard InChI is InChI=1S/C22H26N4O2/c1-3-16-8-4-6-10-18(16)23-21(28)26-14-12-22(13-15-26)24-20(27)17-9-5-7-11-19(17)25(22)2/h4-11H,3,12-15H2,1-2H3,(H,23,28)(H,24,27). The highest BCUT2D eigenvalue weighted by Gasteiger charge is 2.44. The van der Waals surface area contributed by atoms with Gasteiger partial charge >= 0.3 is 6.03 Å². The van der Waals surface area contributed by atoms with Gasteiger partial charge in [-0.25, -0.2) is 4.79 Å². The van der Waals surface area contributed by atoms with Crippen molar-refractivity contribution in [2.45, 2.75) is 31.8 Å². The fourth-order valence-corrected chi connectivity index (χ4v) is 4.24. The molecule has 0 saturated carbocycles. The number of piperidine rings is 1. The second-order valence-electron chi connectivity index (χ2n) is 7.49. The minimum Gasteiger partial charge on any atom is -0.351 e. The van der Waals surface area contributed by atoms with Crippen molar-refractivity contribution in [3.8, 4) is 0 Å². The number of nitrogens with one attached hydrogen (secondary N) is 2. The predicted octanol–water partition coefficient (Wildman–Crippen LogP) is 3.45. The molecule has 6 heteroatoms. The summed E-state index contributed by atoms with van der Waals surface area (Å²) >= 11 is 0. The van der Waals surface area contributed by atoms with Crippen LogP contribution in [0.1, 0.15) is 35.7 Å². The number of amides is 3. The van der Waals surface area contributed by atoms with Crippen molar-refractivity contribution in [3.63, 3.8) is 0 Å². The zero-order chi connectivity index (χ0) is 19.7. The first kappa shape index (κ1) is 18.3. The Morgan fingerprint density at radius 2 is 1.79 bits per heavy atom. The minimum absolute atomic E-state index is 0.0384. The molecule has 2 aliphatic heterocycles. The van der Waals surface area contributed by atoms with Crippen LogP contribution in [0, 0.1) is 0 Å². The second-order valence-corrected chi connectivity index (χ2v) is 7.49. The Morgan fingerprint density at radius 3 is 2.54 bits per heavy atom. The molecular weight excluding hydrogens is 352 g/mol. The van der Waals surface area contributed by atoms with Crippen molar-refractivity contribution in [2.75, 3.05) is 30.4 Å². The quantitative estimate of drug-likeness (QED) is 0.841. The average molecular weight is 378 g/mol. The van der Waals surface area contributed by atoms with E-state index in [1.165, 1.54) is 0 Å². The van der Waals surface area contributed by atoms with Crippen LogP contribution >= 0.6 is 0 Å². The van der Waals surface area contributed by atoms with Gasteiger partial charge in [-0.15, -0.1) is 0 Å². The maximum atomic E-state index is 12.8. The van der Waals surface area contributed by atoms with E-state index in [9.17, 15) is 9.59 Å². The SMILES string of the molecule is CCc1ccccc1NC(=O)N1CCC2(CC1)NC(=O)c1ccccc1N2C. The van der Waals surface area contributed by atoms with E-state index >= 15 is 0 Å². The zero-order valence-electron chi connectivity index (χ0n) is 16.4. The predicted molar refractivity (Wildman–Crippen MR) is 111 cm³/mol. The Balaban J connectivity index is 1.46. The van der Waals surface area contributed by atoms with E-state index in [-0.39, 0.29) is 11.9 Å². The number of aryl methyl sites for hydroxylation is 1. The number of benzene rings is 2. The van der Waals surface area contributed by atoms with Gasteiger partial charge in [0.15, 0.2) is 0 Å². The molecule has 0 unspecified atom stereocenters. The van der Waals surface area contributed by atoms with Crippen molar-refractivity contribution in [2.24, 2.45) is 0 Å². The molecular formula is C22H26N4O2. The molecule has 0 bridgehead atoms. The monoisotopic (exact) mass is 378 g/mol. The van der Waals surface area contributed by atoms with Gasteiger partial charge in [0.05, 0.1) is 11.3 Å². The average Bonchev–Trinajstić information content (AvgIpc) is 2.73. The van der Waals surface area contributed by atoms with Gasteiger partial charge in [-0.3, -0.25) is 4.79 Å². The summed E-state index contributed by atoms with van der Waals surface area (Å²) in [5.41, 5.74) is 3.20. The molecule has 1 saturated heterocycles. The molecule has 2 aromatic carbocycles. The zero-order valence-corrected chi connectivity index (χ0v) is 16.4. The number of carbonyl (C=O) groups is 2. The molecule has 4 rings (SSSR count). The topological polar surface area (TPSA) is 64.7 Å². The maximum Gasteiger partial charge on any atom is 0.321 e. The van der Waals surface area contributed by atoms with E-state index in [2.05, 4.69) is 22.5 Å². The molecule has 2 N–H and O–H groups in total. The number of hydrogen-bond donors (Lipinski definition) is 2. The van der Waals surface area contributed by atoms with Crippen LogP contribution in [0.2, 0.25) is 0 Å². The van der Waals surface area contributed by atoms with E-state index in [0.717, 1.165) is 23.4 Å². The van der Waals surface area contributed by atoms with Gasteiger partial charge in [-0.05, 0) is 30.2 Å². The first-order valence-corrected chi connectivity index (χ1v) is 9.83. The highest BCUT2D eigenvalue weighted by molar-refractivity contribution is 6.02. The molecule has 28 heavy (non-hydrogen) atoms. The van der Waals surface area contributed by atoms with E-state index in [1.54, 1.807) is 0 Å². The van der Waals surface area contributed by atoms with Crippen LogP contribution in [0.25, 0.3) is 0 Å². The lowest BCUT2D eigenvalue weighted by Crippen LogP contribution is -2.67. The van der Waals surface area contributed by atoms with Gasteiger partial charge < -0.3 is 20.4 Å². The largest absolute Gasteiger partial charge is 0.351 e. The fraction of sp³-hybridized carbons (Fsp3) is 0.364. The number of para-hydroxylation sites is 2. The molecule has 2 heterocycles. The first-order valence-electron chi connectivity index (χ1n) is 9.83. The normalized spacial score (nSPS) is 17.9. The number of anilines is 2. The van der Waals surface area contributed by atoms with Crippen molar-refractivity contribution in [1.29, 1.82) is 0 Å². The van der Waals surface area contributed by atoms with Crippen molar-refractivity contribution in [3.05, 3.63) is 59.7 Å². The van der Waals surface area contributed by atoms with Gasteiger partial charge in [-0.2, -0.15) is 0 Å². The van der Waals surface area contributed by atoms with Crippen molar-refractivity contribution >= 4 is 23.3 Å². The summed E-state index contributed by atoms with van der Waals surface area (Å²) in [6.07, 6.45) is 2.24. The number of urea groups is 1. The number of fused-ring (bicyclic) bond motifs is 1. The van der Waals surface area contributed by atoms with Gasteiger partial charge in [0.25, 0.3) is 5.91 Å². The summed E-state index contributed by atoms with van der Waals surface area (Å²) in [4.78, 5) is 29.4. The number of hydrogen-bond acceptors (Lipinski definition) is 3. The molecule has 2 aromatic rings. The molecule has 0 radical (unpaired) electrons. The van der Waals surface area contributed by atoms with Crippen LogP contribution in [0.4, 0.5) is 16.2 Å². The van der Waals surface area contributed by atoms with E-state index in [1.807, 2.05) is 60.5 Å². The number of rotatable bonds is 2. The lowest BCUT2D eigenvalue weighted by atomic mass is 9.90. The van der Waals surface area contributed by atoms with E-state index < -0.39 is 5.66 Å². The highest BCUT2D eigenvalue weighted by Crippen LogP contribution is 2.36. The molecule has 1 spiro atoms. The smallest absolute Gasteiger partial charge is 0.321 e. The van der Waals surface area contributed by atoms with Gasteiger partial charge in [0, 0.05) is 38.7 Å². The summed E-state index contributed by atoms with van der Waals surface area (Å²) in [6.45, 7) is 3.26. The van der Waals surface area contributed by atoms with Crippen LogP contribution < -0.4 is 15.5 Å². The van der Waals surface area contributed by atoms with Crippen molar-refractivity contribution < 1.29 is 9.59 Å². The third-order valence-corrected chi connectivity index (χ3v) is 6.02. The van der Waals surface area contributed by atoms with E-state index in [4.69, 9.17) is 0 Å².